The summed E-state index contributed by atoms with van der Waals surface area (Å²) in [7, 11) is 0. The van der Waals surface area contributed by atoms with Gasteiger partial charge in [-0.2, -0.15) is 4.98 Å². The van der Waals surface area contributed by atoms with Crippen molar-refractivity contribution in [3.63, 3.8) is 0 Å². The Morgan fingerprint density at radius 3 is 2.76 bits per heavy atom. The number of hydrogen-bond donors (Lipinski definition) is 2. The van der Waals surface area contributed by atoms with E-state index in [-0.39, 0.29) is 11.9 Å². The molecule has 10 heteroatoms. The van der Waals surface area contributed by atoms with Crippen molar-refractivity contribution < 1.29 is 4.79 Å². The van der Waals surface area contributed by atoms with E-state index in [0.717, 1.165) is 11.3 Å². The molecule has 0 aliphatic carbocycles. The molecule has 1 unspecified atom stereocenters. The lowest BCUT2D eigenvalue weighted by Gasteiger charge is -2.09. The number of nitrogens with one attached hydrogen (secondary N) is 1. The highest BCUT2D eigenvalue weighted by Gasteiger charge is 2.18. The molecule has 1 atom stereocenters. The summed E-state index contributed by atoms with van der Waals surface area (Å²) in [6.45, 7) is 1.76. The summed E-state index contributed by atoms with van der Waals surface area (Å²) in [6.07, 6.45) is 1.31. The van der Waals surface area contributed by atoms with Crippen molar-refractivity contribution in [1.29, 1.82) is 0 Å². The van der Waals surface area contributed by atoms with E-state index in [1.807, 2.05) is 17.5 Å². The fourth-order valence-corrected chi connectivity index (χ4v) is 3.44. The maximum Gasteiger partial charge on any atom is 0.239 e. The second-order valence-electron chi connectivity index (χ2n) is 4.92. The summed E-state index contributed by atoms with van der Waals surface area (Å²) in [6, 6.07) is 7.36. The largest absolute Gasteiger partial charge is 0.368 e. The van der Waals surface area contributed by atoms with Gasteiger partial charge in [-0.1, -0.05) is 35.5 Å². The van der Waals surface area contributed by atoms with E-state index in [0.29, 0.717) is 15.3 Å². The molecule has 128 valence electrons. The SMILES string of the molecule is CC(Sc1ncnc(N)n1)C(=O)Nc1nc(-c2ccc(Cl)cc2)cs1. The van der Waals surface area contributed by atoms with Gasteiger partial charge in [-0.25, -0.2) is 15.0 Å². The van der Waals surface area contributed by atoms with Gasteiger partial charge in [-0.05, 0) is 19.1 Å². The second-order valence-corrected chi connectivity index (χ2v) is 7.52. The van der Waals surface area contributed by atoms with Crippen molar-refractivity contribution in [2.45, 2.75) is 17.3 Å². The third-order valence-electron chi connectivity index (χ3n) is 3.09. The predicted octanol–water partition coefficient (Wildman–Crippen LogP) is 3.35. The molecule has 0 bridgehead atoms. The minimum absolute atomic E-state index is 0.123. The Hall–Kier alpha value is -2.23. The van der Waals surface area contributed by atoms with E-state index in [1.165, 1.54) is 29.4 Å². The summed E-state index contributed by atoms with van der Waals surface area (Å²) in [5.74, 6) is -0.0707. The first kappa shape index (κ1) is 17.6. The number of thioether (sulfide) groups is 1. The fourth-order valence-electron chi connectivity index (χ4n) is 1.85. The lowest BCUT2D eigenvalue weighted by atomic mass is 10.2. The van der Waals surface area contributed by atoms with Crippen LogP contribution in [0.25, 0.3) is 11.3 Å². The van der Waals surface area contributed by atoms with Crippen LogP contribution in [0.1, 0.15) is 6.92 Å². The van der Waals surface area contributed by atoms with Crippen molar-refractivity contribution in [1.82, 2.24) is 19.9 Å². The summed E-state index contributed by atoms with van der Waals surface area (Å²) < 4.78 is 0. The lowest BCUT2D eigenvalue weighted by Crippen LogP contribution is -2.22. The number of benzene rings is 1. The van der Waals surface area contributed by atoms with Gasteiger partial charge in [0.05, 0.1) is 10.9 Å². The number of amides is 1. The van der Waals surface area contributed by atoms with Crippen LogP contribution in [-0.2, 0) is 4.79 Å². The van der Waals surface area contributed by atoms with E-state index in [4.69, 9.17) is 17.3 Å². The van der Waals surface area contributed by atoms with E-state index in [2.05, 4.69) is 25.3 Å². The Balaban J connectivity index is 1.64. The van der Waals surface area contributed by atoms with Crippen LogP contribution in [0.5, 0.6) is 0 Å². The molecule has 7 nitrogen and oxygen atoms in total. The molecular weight excluding hydrogens is 380 g/mol. The monoisotopic (exact) mass is 392 g/mol. The van der Waals surface area contributed by atoms with Crippen molar-refractivity contribution in [2.75, 3.05) is 11.1 Å². The number of carbonyl (C=O) groups is 1. The lowest BCUT2D eigenvalue weighted by molar-refractivity contribution is -0.115. The van der Waals surface area contributed by atoms with Gasteiger partial charge in [-0.3, -0.25) is 4.79 Å². The molecule has 0 fully saturated rings. The Morgan fingerprint density at radius 2 is 2.04 bits per heavy atom. The maximum atomic E-state index is 12.3. The number of carbonyl (C=O) groups excluding carboxylic acids is 1. The molecule has 3 N–H and O–H groups in total. The zero-order valence-corrected chi connectivity index (χ0v) is 15.4. The van der Waals surface area contributed by atoms with Gasteiger partial charge >= 0.3 is 0 Å². The van der Waals surface area contributed by atoms with Crippen LogP contribution in [0.4, 0.5) is 11.1 Å². The van der Waals surface area contributed by atoms with E-state index >= 15 is 0 Å². The van der Waals surface area contributed by atoms with Crippen molar-refractivity contribution in [3.8, 4) is 11.3 Å². The Kier molecular flexibility index (Phi) is 5.47. The topological polar surface area (TPSA) is 107 Å². The molecule has 0 aliphatic rings. The first-order valence-electron chi connectivity index (χ1n) is 7.15. The van der Waals surface area contributed by atoms with Gasteiger partial charge in [0.25, 0.3) is 0 Å². The number of aromatic nitrogens is 4. The molecule has 1 amide bonds. The highest BCUT2D eigenvalue weighted by Crippen LogP contribution is 2.27. The van der Waals surface area contributed by atoms with Crippen LogP contribution in [-0.4, -0.2) is 31.1 Å². The molecule has 1 aromatic carbocycles. The second kappa shape index (κ2) is 7.77. The number of thiazole rings is 1. The third-order valence-corrected chi connectivity index (χ3v) is 5.08. The van der Waals surface area contributed by atoms with Crippen LogP contribution in [0.3, 0.4) is 0 Å². The highest BCUT2D eigenvalue weighted by atomic mass is 35.5. The number of nitrogens with two attached hydrogens (primary N) is 1. The van der Waals surface area contributed by atoms with Gasteiger partial charge in [0.1, 0.15) is 6.33 Å². The van der Waals surface area contributed by atoms with Gasteiger partial charge in [-0.15, -0.1) is 11.3 Å². The van der Waals surface area contributed by atoms with Crippen LogP contribution < -0.4 is 11.1 Å². The minimum atomic E-state index is -0.412. The molecule has 0 radical (unpaired) electrons. The van der Waals surface area contributed by atoms with E-state index in [1.54, 1.807) is 19.1 Å². The van der Waals surface area contributed by atoms with Gasteiger partial charge in [0, 0.05) is 16.0 Å². The molecule has 0 aliphatic heterocycles. The summed E-state index contributed by atoms with van der Waals surface area (Å²) >= 11 is 8.44. The van der Waals surface area contributed by atoms with Crippen molar-refractivity contribution >= 4 is 51.7 Å². The van der Waals surface area contributed by atoms with E-state index in [9.17, 15) is 4.79 Å². The number of hydrogen-bond acceptors (Lipinski definition) is 8. The van der Waals surface area contributed by atoms with E-state index < -0.39 is 5.25 Å². The Morgan fingerprint density at radius 1 is 1.28 bits per heavy atom. The third kappa shape index (κ3) is 4.65. The smallest absolute Gasteiger partial charge is 0.239 e. The zero-order chi connectivity index (χ0) is 17.8. The summed E-state index contributed by atoms with van der Waals surface area (Å²) in [4.78, 5) is 28.4. The zero-order valence-electron chi connectivity index (χ0n) is 13.0. The van der Waals surface area contributed by atoms with Crippen molar-refractivity contribution in [3.05, 3.63) is 41.0 Å². The van der Waals surface area contributed by atoms with Gasteiger partial charge < -0.3 is 11.1 Å². The van der Waals surface area contributed by atoms with Crippen LogP contribution in [0, 0.1) is 0 Å². The standard InChI is InChI=1S/C15H13ClN6OS2/c1-8(25-14-19-7-18-13(17)22-14)12(23)21-15-20-11(6-24-15)9-2-4-10(16)5-3-9/h2-8H,1H3,(H,20,21,23)(H2,17,18,19,22). The normalized spacial score (nSPS) is 11.9. The van der Waals surface area contributed by atoms with Gasteiger partial charge in [0.15, 0.2) is 10.3 Å². The average Bonchev–Trinajstić information content (AvgIpc) is 3.04. The molecule has 0 saturated carbocycles. The molecule has 25 heavy (non-hydrogen) atoms. The minimum Gasteiger partial charge on any atom is -0.368 e. The molecule has 2 aromatic heterocycles. The highest BCUT2D eigenvalue weighted by molar-refractivity contribution is 8.00. The predicted molar refractivity (Wildman–Crippen MR) is 101 cm³/mol. The quantitative estimate of drug-likeness (QED) is 0.641. The molecule has 0 spiro atoms. The molecular formula is C15H13ClN6OS2. The molecule has 0 saturated heterocycles. The average molecular weight is 393 g/mol. The number of halogens is 1. The Labute approximate surface area is 157 Å². The number of anilines is 2. The molecule has 2 heterocycles. The van der Waals surface area contributed by atoms with Crippen LogP contribution in [0.2, 0.25) is 5.02 Å². The summed E-state index contributed by atoms with van der Waals surface area (Å²) in [5, 5.41) is 5.85. The maximum absolute atomic E-state index is 12.3. The van der Waals surface area contributed by atoms with Crippen LogP contribution in [0.15, 0.2) is 41.1 Å². The first-order chi connectivity index (χ1) is 12.0. The van der Waals surface area contributed by atoms with Crippen molar-refractivity contribution in [2.24, 2.45) is 0 Å². The number of nitrogens with zero attached hydrogens (tertiary/aromatic N) is 4. The molecule has 3 aromatic rings. The fraction of sp³-hybridized carbons (Fsp3) is 0.133. The Bertz CT molecular complexity index is 886. The van der Waals surface area contributed by atoms with Gasteiger partial charge in [0.2, 0.25) is 11.9 Å². The summed E-state index contributed by atoms with van der Waals surface area (Å²) in [5.41, 5.74) is 7.22. The van der Waals surface area contributed by atoms with Crippen LogP contribution >= 0.6 is 34.7 Å². The number of nitrogen functional groups attached to an aromatic ring is 1. The first-order valence-corrected chi connectivity index (χ1v) is 9.28. The molecule has 3 rings (SSSR count). The number of rotatable bonds is 5.